The Kier molecular flexibility index (Phi) is 24.9. The molecule has 0 heterocycles. The summed E-state index contributed by atoms with van der Waals surface area (Å²) in [4.78, 5) is 15.4. The van der Waals surface area contributed by atoms with Gasteiger partial charge in [-0.05, 0) is 88.3 Å². The van der Waals surface area contributed by atoms with E-state index < -0.39 is 0 Å². The zero-order valence-electron chi connectivity index (χ0n) is 34.5. The quantitative estimate of drug-likeness (QED) is 0.0601. The standard InChI is InChI=1S/C47H78N4/c1-8-13-16-19-21-22-23-24-25-26-28-31-41-34-36-42(37-35-41)48-44(32-29-18-15-10-3)45(33-30-27-20-17-14-9-2)49-43-38-39-46(50(6)11-4)47(40-43)51(7)12-5/h28,31,34-40H,8-27,29-30,32-33H2,1-7H3. The van der Waals surface area contributed by atoms with Gasteiger partial charge in [0.25, 0.3) is 0 Å². The average Bonchev–Trinajstić information content (AvgIpc) is 3.15. The van der Waals surface area contributed by atoms with Crippen LogP contribution in [-0.4, -0.2) is 38.6 Å². The van der Waals surface area contributed by atoms with Crippen LogP contribution in [0.1, 0.15) is 181 Å². The summed E-state index contributed by atoms with van der Waals surface area (Å²) in [5, 5.41) is 0. The van der Waals surface area contributed by atoms with Gasteiger partial charge in [-0.3, -0.25) is 9.98 Å². The molecule has 0 N–H and O–H groups in total. The van der Waals surface area contributed by atoms with Crippen LogP contribution in [0.3, 0.4) is 0 Å². The molecular weight excluding hydrogens is 621 g/mol. The summed E-state index contributed by atoms with van der Waals surface area (Å²) in [6.07, 6.45) is 32.8. The summed E-state index contributed by atoms with van der Waals surface area (Å²) in [5.41, 5.74) is 8.19. The maximum absolute atomic E-state index is 5.43. The van der Waals surface area contributed by atoms with E-state index >= 15 is 0 Å². The van der Waals surface area contributed by atoms with Crippen LogP contribution in [0.2, 0.25) is 0 Å². The van der Waals surface area contributed by atoms with Crippen molar-refractivity contribution >= 4 is 40.2 Å². The topological polar surface area (TPSA) is 31.2 Å². The first-order valence-corrected chi connectivity index (χ1v) is 21.5. The molecule has 2 aromatic carbocycles. The Balaban J connectivity index is 2.27. The molecule has 0 fully saturated rings. The lowest BCUT2D eigenvalue weighted by Gasteiger charge is -2.26. The molecule has 2 aromatic rings. The van der Waals surface area contributed by atoms with Crippen molar-refractivity contribution in [1.82, 2.24) is 0 Å². The third-order valence-electron chi connectivity index (χ3n) is 10.3. The lowest BCUT2D eigenvalue weighted by atomic mass is 10.00. The summed E-state index contributed by atoms with van der Waals surface area (Å²) in [6.45, 7) is 13.2. The van der Waals surface area contributed by atoms with Crippen LogP contribution < -0.4 is 9.80 Å². The highest BCUT2D eigenvalue weighted by molar-refractivity contribution is 6.43. The molecule has 0 saturated carbocycles. The fraction of sp³-hybridized carbons (Fsp3) is 0.660. The third-order valence-corrected chi connectivity index (χ3v) is 10.3. The normalized spacial score (nSPS) is 12.3. The van der Waals surface area contributed by atoms with E-state index in [1.807, 2.05) is 0 Å². The summed E-state index contributed by atoms with van der Waals surface area (Å²) in [6, 6.07) is 15.6. The van der Waals surface area contributed by atoms with Gasteiger partial charge in [-0.2, -0.15) is 0 Å². The molecule has 0 spiro atoms. The van der Waals surface area contributed by atoms with Gasteiger partial charge in [0.05, 0.1) is 34.2 Å². The number of anilines is 2. The predicted octanol–water partition coefficient (Wildman–Crippen LogP) is 15.1. The number of aliphatic imine (C=N–C) groups is 2. The molecule has 0 unspecified atom stereocenters. The van der Waals surface area contributed by atoms with E-state index in [9.17, 15) is 0 Å². The monoisotopic (exact) mass is 699 g/mol. The highest BCUT2D eigenvalue weighted by Crippen LogP contribution is 2.33. The van der Waals surface area contributed by atoms with E-state index in [2.05, 4.69) is 113 Å². The second-order valence-corrected chi connectivity index (χ2v) is 14.8. The van der Waals surface area contributed by atoms with Gasteiger partial charge >= 0.3 is 0 Å². The second kappa shape index (κ2) is 28.7. The fourth-order valence-electron chi connectivity index (χ4n) is 6.64. The molecule has 286 valence electrons. The van der Waals surface area contributed by atoms with Crippen molar-refractivity contribution in [3.05, 3.63) is 54.1 Å². The molecule has 0 radical (unpaired) electrons. The summed E-state index contributed by atoms with van der Waals surface area (Å²) < 4.78 is 0. The number of allylic oxidation sites excluding steroid dienone is 1. The number of rotatable bonds is 30. The Labute approximate surface area is 316 Å². The van der Waals surface area contributed by atoms with Crippen molar-refractivity contribution in [2.75, 3.05) is 37.0 Å². The van der Waals surface area contributed by atoms with E-state index in [-0.39, 0.29) is 0 Å². The van der Waals surface area contributed by atoms with E-state index in [4.69, 9.17) is 9.98 Å². The van der Waals surface area contributed by atoms with Gasteiger partial charge in [0.15, 0.2) is 0 Å². The maximum Gasteiger partial charge on any atom is 0.0655 e. The molecule has 0 aliphatic rings. The number of benzene rings is 2. The van der Waals surface area contributed by atoms with E-state index in [0.717, 1.165) is 50.1 Å². The molecule has 0 aliphatic carbocycles. The minimum Gasteiger partial charge on any atom is -0.373 e. The molecule has 0 saturated heterocycles. The number of hydrogen-bond acceptors (Lipinski definition) is 4. The van der Waals surface area contributed by atoms with Crippen molar-refractivity contribution < 1.29 is 0 Å². The highest BCUT2D eigenvalue weighted by Gasteiger charge is 2.14. The van der Waals surface area contributed by atoms with E-state index in [0.29, 0.717) is 0 Å². The number of nitrogens with zero attached hydrogens (tertiary/aromatic N) is 4. The fourth-order valence-corrected chi connectivity index (χ4v) is 6.64. The van der Waals surface area contributed by atoms with E-state index in [1.165, 1.54) is 144 Å². The van der Waals surface area contributed by atoms with Gasteiger partial charge in [-0.1, -0.05) is 148 Å². The van der Waals surface area contributed by atoms with Gasteiger partial charge in [0.1, 0.15) is 0 Å². The number of hydrogen-bond donors (Lipinski definition) is 0. The van der Waals surface area contributed by atoms with Crippen molar-refractivity contribution in [1.29, 1.82) is 0 Å². The Morgan fingerprint density at radius 1 is 0.490 bits per heavy atom. The molecule has 0 aromatic heterocycles. The van der Waals surface area contributed by atoms with Gasteiger partial charge in [0, 0.05) is 27.2 Å². The molecular formula is C47H78N4. The smallest absolute Gasteiger partial charge is 0.0655 e. The van der Waals surface area contributed by atoms with Crippen LogP contribution in [0, 0.1) is 0 Å². The largest absolute Gasteiger partial charge is 0.373 e. The predicted molar refractivity (Wildman–Crippen MR) is 233 cm³/mol. The molecule has 0 bridgehead atoms. The van der Waals surface area contributed by atoms with Crippen molar-refractivity contribution in [3.8, 4) is 0 Å². The van der Waals surface area contributed by atoms with Crippen LogP contribution in [-0.2, 0) is 0 Å². The molecule has 0 atom stereocenters. The lowest BCUT2D eigenvalue weighted by Crippen LogP contribution is -2.22. The van der Waals surface area contributed by atoms with Gasteiger partial charge < -0.3 is 9.80 Å². The zero-order chi connectivity index (χ0) is 36.9. The third kappa shape index (κ3) is 19.0. The van der Waals surface area contributed by atoms with Crippen LogP contribution in [0.5, 0.6) is 0 Å². The first-order chi connectivity index (χ1) is 25.0. The SMILES string of the molecule is CCCCCCCCCCCC=Cc1ccc(N=C(CCCCCC)C(CCCCCCCC)=Nc2ccc(N(C)CC)c(N(C)CC)c2)cc1. The Bertz CT molecular complexity index is 1240. The molecule has 0 aliphatic heterocycles. The van der Waals surface area contributed by atoms with Crippen LogP contribution in [0.25, 0.3) is 6.08 Å². The molecule has 4 nitrogen and oxygen atoms in total. The molecule has 4 heteroatoms. The van der Waals surface area contributed by atoms with Crippen molar-refractivity contribution in [2.24, 2.45) is 9.98 Å². The first-order valence-electron chi connectivity index (χ1n) is 21.5. The lowest BCUT2D eigenvalue weighted by molar-refractivity contribution is 0.566. The maximum atomic E-state index is 5.43. The van der Waals surface area contributed by atoms with Crippen molar-refractivity contribution in [2.45, 2.75) is 176 Å². The highest BCUT2D eigenvalue weighted by atomic mass is 15.2. The van der Waals surface area contributed by atoms with Crippen LogP contribution in [0.15, 0.2) is 58.5 Å². The van der Waals surface area contributed by atoms with E-state index in [1.54, 1.807) is 0 Å². The van der Waals surface area contributed by atoms with Gasteiger partial charge in [-0.15, -0.1) is 0 Å². The van der Waals surface area contributed by atoms with Crippen LogP contribution >= 0.6 is 0 Å². The van der Waals surface area contributed by atoms with Gasteiger partial charge in [-0.25, -0.2) is 0 Å². The molecule has 0 amide bonds. The molecule has 51 heavy (non-hydrogen) atoms. The minimum absolute atomic E-state index is 0.955. The summed E-state index contributed by atoms with van der Waals surface area (Å²) >= 11 is 0. The first kappa shape index (κ1) is 44.3. The molecule has 2 rings (SSSR count). The zero-order valence-corrected chi connectivity index (χ0v) is 34.5. The average molecular weight is 699 g/mol. The minimum atomic E-state index is 0.955. The summed E-state index contributed by atoms with van der Waals surface area (Å²) in [7, 11) is 4.36. The Morgan fingerprint density at radius 2 is 0.922 bits per heavy atom. The Morgan fingerprint density at radius 3 is 1.45 bits per heavy atom. The second-order valence-electron chi connectivity index (χ2n) is 14.8. The van der Waals surface area contributed by atoms with Crippen molar-refractivity contribution in [3.63, 3.8) is 0 Å². The van der Waals surface area contributed by atoms with Crippen LogP contribution in [0.4, 0.5) is 22.7 Å². The van der Waals surface area contributed by atoms with Gasteiger partial charge in [0.2, 0.25) is 0 Å². The number of unbranched alkanes of at least 4 members (excludes halogenated alkanes) is 17. The Hall–Kier alpha value is -2.88. The summed E-state index contributed by atoms with van der Waals surface area (Å²) in [5.74, 6) is 0.